The van der Waals surface area contributed by atoms with E-state index in [1.165, 1.54) is 9.13 Å². The first-order valence-electron chi connectivity index (χ1n) is 9.62. The third-order valence-electron chi connectivity index (χ3n) is 5.66. The molecule has 29 heavy (non-hydrogen) atoms. The molecule has 7 heteroatoms. The third kappa shape index (κ3) is 2.68. The van der Waals surface area contributed by atoms with Crippen LogP contribution in [0.3, 0.4) is 0 Å². The summed E-state index contributed by atoms with van der Waals surface area (Å²) in [5, 5.41) is 0. The molecule has 0 aliphatic heterocycles. The molecule has 1 aromatic carbocycles. The summed E-state index contributed by atoms with van der Waals surface area (Å²) in [6, 6.07) is 10.2. The van der Waals surface area contributed by atoms with Gasteiger partial charge in [-0.25, -0.2) is 4.79 Å². The fourth-order valence-electron chi connectivity index (χ4n) is 4.03. The maximum Gasteiger partial charge on any atom is 0.332 e. The van der Waals surface area contributed by atoms with Gasteiger partial charge in [-0.15, -0.1) is 0 Å². The monoisotopic (exact) mass is 391 g/mol. The Hall–Kier alpha value is -3.35. The van der Waals surface area contributed by atoms with E-state index in [1.54, 1.807) is 14.0 Å². The summed E-state index contributed by atoms with van der Waals surface area (Å²) < 4.78 is 6.67. The Morgan fingerprint density at radius 1 is 1.14 bits per heavy atom. The Morgan fingerprint density at radius 3 is 2.41 bits per heavy atom. The predicted octanol–water partition coefficient (Wildman–Crippen LogP) is 2.95. The zero-order valence-electron chi connectivity index (χ0n) is 17.4. The molecule has 7 nitrogen and oxygen atoms in total. The normalized spacial score (nSPS) is 12.7. The number of hydrogen-bond donors (Lipinski definition) is 0. The minimum absolute atomic E-state index is 0.0267. The summed E-state index contributed by atoms with van der Waals surface area (Å²) >= 11 is 0. The Balaban J connectivity index is 2.12. The van der Waals surface area contributed by atoms with Gasteiger partial charge in [0.1, 0.15) is 0 Å². The van der Waals surface area contributed by atoms with E-state index < -0.39 is 0 Å². The number of aryl methyl sites for hydroxylation is 2. The van der Waals surface area contributed by atoms with Gasteiger partial charge in [-0.05, 0) is 33.3 Å². The first-order chi connectivity index (χ1) is 13.7. The average molecular weight is 391 g/mol. The van der Waals surface area contributed by atoms with Crippen molar-refractivity contribution in [2.24, 2.45) is 7.05 Å². The van der Waals surface area contributed by atoms with Crippen LogP contribution in [0.5, 0.6) is 0 Å². The van der Waals surface area contributed by atoms with Crippen LogP contribution in [-0.4, -0.2) is 23.1 Å². The van der Waals surface area contributed by atoms with Crippen LogP contribution >= 0.6 is 0 Å². The summed E-state index contributed by atoms with van der Waals surface area (Å²) in [6.45, 7) is 12.0. The molecule has 0 amide bonds. The van der Waals surface area contributed by atoms with Crippen molar-refractivity contribution in [1.29, 1.82) is 0 Å². The van der Waals surface area contributed by atoms with Crippen LogP contribution in [0.4, 0.5) is 0 Å². The third-order valence-corrected chi connectivity index (χ3v) is 5.66. The number of allylic oxidation sites excluding steroid dienone is 1. The number of imidazole rings is 2. The fourth-order valence-corrected chi connectivity index (χ4v) is 4.03. The number of aromatic nitrogens is 5. The van der Waals surface area contributed by atoms with E-state index in [0.29, 0.717) is 16.9 Å². The molecule has 0 spiro atoms. The number of fused-ring (bicyclic) bond motifs is 3. The number of hydrogen-bond acceptors (Lipinski definition) is 3. The highest BCUT2D eigenvalue weighted by atomic mass is 16.2. The van der Waals surface area contributed by atoms with Gasteiger partial charge in [0, 0.05) is 18.4 Å². The van der Waals surface area contributed by atoms with Crippen LogP contribution in [0.2, 0.25) is 0 Å². The van der Waals surface area contributed by atoms with Gasteiger partial charge in [0.2, 0.25) is 5.78 Å². The summed E-state index contributed by atoms with van der Waals surface area (Å²) in [5.41, 5.74) is 3.94. The molecule has 0 aliphatic rings. The smallest absolute Gasteiger partial charge is 0.307 e. The number of rotatable bonds is 4. The Kier molecular flexibility index (Phi) is 4.33. The van der Waals surface area contributed by atoms with Gasteiger partial charge in [-0.1, -0.05) is 42.5 Å². The molecule has 1 atom stereocenters. The lowest BCUT2D eigenvalue weighted by Gasteiger charge is -2.16. The van der Waals surface area contributed by atoms with Crippen molar-refractivity contribution in [1.82, 2.24) is 23.1 Å². The van der Waals surface area contributed by atoms with Gasteiger partial charge in [-0.2, -0.15) is 4.98 Å². The summed E-state index contributed by atoms with van der Waals surface area (Å²) in [7, 11) is 1.65. The van der Waals surface area contributed by atoms with Crippen molar-refractivity contribution >= 4 is 16.9 Å². The molecule has 0 saturated carbocycles. The predicted molar refractivity (Wildman–Crippen MR) is 115 cm³/mol. The van der Waals surface area contributed by atoms with Crippen LogP contribution in [0.1, 0.15) is 36.8 Å². The molecule has 150 valence electrons. The van der Waals surface area contributed by atoms with E-state index in [9.17, 15) is 9.59 Å². The van der Waals surface area contributed by atoms with E-state index >= 15 is 0 Å². The van der Waals surface area contributed by atoms with Gasteiger partial charge < -0.3 is 4.57 Å². The first kappa shape index (κ1) is 19.0. The fraction of sp³-hybridized carbons (Fsp3) is 0.318. The lowest BCUT2D eigenvalue weighted by molar-refractivity contribution is 0.637. The van der Waals surface area contributed by atoms with Crippen LogP contribution in [-0.2, 0) is 13.6 Å². The number of benzene rings is 1. The van der Waals surface area contributed by atoms with E-state index in [0.717, 1.165) is 22.5 Å². The maximum absolute atomic E-state index is 13.3. The molecule has 0 bridgehead atoms. The molecule has 4 rings (SSSR count). The molecular formula is C22H25N5O2. The van der Waals surface area contributed by atoms with E-state index in [1.807, 2.05) is 36.4 Å². The molecule has 4 aromatic rings. The zero-order chi connectivity index (χ0) is 21.0. The molecule has 0 saturated heterocycles. The van der Waals surface area contributed by atoms with Crippen molar-refractivity contribution in [3.8, 4) is 0 Å². The standard InChI is InChI=1S/C22H25N5O2/c1-13(2)12-25-20(28)18-19(24(6)22(25)29)23-21-26(14(3)15(4)27(18)21)16(5)17-10-8-7-9-11-17/h7-11,16H,1,12H2,2-6H3/t16-/m0/s1. The quantitative estimate of drug-likeness (QED) is 0.503. The van der Waals surface area contributed by atoms with Crippen LogP contribution in [0.15, 0.2) is 52.1 Å². The highest BCUT2D eigenvalue weighted by Crippen LogP contribution is 2.27. The molecule has 0 unspecified atom stereocenters. The first-order valence-corrected chi connectivity index (χ1v) is 9.62. The maximum atomic E-state index is 13.3. The molecule has 3 aromatic heterocycles. The SMILES string of the molecule is C=C(C)Cn1c(=O)c2c(nc3n([C@@H](C)c4ccccc4)c(C)c(C)n23)n(C)c1=O. The Morgan fingerprint density at radius 2 is 1.79 bits per heavy atom. The van der Waals surface area contributed by atoms with Crippen LogP contribution in [0, 0.1) is 13.8 Å². The molecule has 0 radical (unpaired) electrons. The van der Waals surface area contributed by atoms with Crippen molar-refractivity contribution in [3.05, 3.63) is 80.3 Å². The van der Waals surface area contributed by atoms with E-state index in [2.05, 4.69) is 30.2 Å². The number of nitrogens with zero attached hydrogens (tertiary/aromatic N) is 5. The largest absolute Gasteiger partial charge is 0.332 e. The minimum atomic E-state index is -0.386. The second-order valence-electron chi connectivity index (χ2n) is 7.74. The average Bonchev–Trinajstić information content (AvgIpc) is 3.19. The summed E-state index contributed by atoms with van der Waals surface area (Å²) in [6.07, 6.45) is 0. The van der Waals surface area contributed by atoms with Gasteiger partial charge in [0.25, 0.3) is 5.56 Å². The molecule has 3 heterocycles. The zero-order valence-corrected chi connectivity index (χ0v) is 17.4. The van der Waals surface area contributed by atoms with Gasteiger partial charge in [-0.3, -0.25) is 18.3 Å². The Bertz CT molecular complexity index is 1380. The highest BCUT2D eigenvalue weighted by Gasteiger charge is 2.24. The Labute approximate surface area is 168 Å². The lowest BCUT2D eigenvalue weighted by atomic mass is 10.1. The van der Waals surface area contributed by atoms with Gasteiger partial charge >= 0.3 is 5.69 Å². The van der Waals surface area contributed by atoms with E-state index in [-0.39, 0.29) is 23.8 Å². The highest BCUT2D eigenvalue weighted by molar-refractivity contribution is 5.76. The van der Waals surface area contributed by atoms with Crippen molar-refractivity contribution in [3.63, 3.8) is 0 Å². The molecular weight excluding hydrogens is 366 g/mol. The molecule has 0 fully saturated rings. The van der Waals surface area contributed by atoms with E-state index in [4.69, 9.17) is 4.98 Å². The molecule has 0 aliphatic carbocycles. The minimum Gasteiger partial charge on any atom is -0.307 e. The summed E-state index contributed by atoms with van der Waals surface area (Å²) in [5.74, 6) is 0.659. The van der Waals surface area contributed by atoms with Crippen LogP contribution < -0.4 is 11.2 Å². The van der Waals surface area contributed by atoms with Crippen molar-refractivity contribution in [2.45, 2.75) is 40.3 Å². The van der Waals surface area contributed by atoms with Gasteiger partial charge in [0.15, 0.2) is 11.2 Å². The van der Waals surface area contributed by atoms with Crippen molar-refractivity contribution < 1.29 is 0 Å². The van der Waals surface area contributed by atoms with Crippen LogP contribution in [0.25, 0.3) is 16.9 Å². The topological polar surface area (TPSA) is 66.2 Å². The summed E-state index contributed by atoms with van der Waals surface area (Å²) in [4.78, 5) is 30.8. The van der Waals surface area contributed by atoms with Gasteiger partial charge in [0.05, 0.1) is 12.6 Å². The lowest BCUT2D eigenvalue weighted by Crippen LogP contribution is -2.39. The second-order valence-corrected chi connectivity index (χ2v) is 7.74. The van der Waals surface area contributed by atoms with Crippen molar-refractivity contribution in [2.75, 3.05) is 0 Å². The second kappa shape index (κ2) is 6.62. The molecule has 0 N–H and O–H groups in total.